The standard InChI is InChI=1S/C11H17NO2.C10H15NO3.C9H13NO2.C3H8.CH4/c1-4-7-9-5-8(11(7)14)10(6(2)13)12(9)3;1-3-5-7-4-6(9(5)12)8(10(13)14)11(7)2;1-5(11)9-7-3-6(10(9)2)4-8(7)12;1-3-2;/h7-10H,4-5H2,1-3H3;5-8H,3-4H2,1-2H3,(H,13,14);6-7,9H,3-4H2,1-2H3;3H2,1-2H3;1H4/t7?,8-,9-,10?;5?,6-,7-,8?;6-,7+,9?;;/m000../s1. The number of nitrogens with zero attached hydrogens (tertiary/aromatic N) is 3. The minimum Gasteiger partial charge on any atom is -0.480 e. The van der Waals surface area contributed by atoms with Crippen LogP contribution in [0.3, 0.4) is 0 Å². The maximum Gasteiger partial charge on any atom is 0.321 e. The van der Waals surface area contributed by atoms with Gasteiger partial charge in [0.1, 0.15) is 35.0 Å². The molecule has 1 N–H and O–H groups in total. The maximum absolute atomic E-state index is 11.9. The second kappa shape index (κ2) is 15.3. The van der Waals surface area contributed by atoms with E-state index in [1.807, 2.05) is 33.0 Å². The molecule has 10 nitrogen and oxygen atoms in total. The van der Waals surface area contributed by atoms with Gasteiger partial charge in [-0.3, -0.25) is 43.5 Å². The molecule has 0 aromatic heterocycles. The largest absolute Gasteiger partial charge is 0.480 e. The number of ketones is 5. The van der Waals surface area contributed by atoms with Gasteiger partial charge in [-0.05, 0) is 67.1 Å². The number of hydrogen-bond acceptors (Lipinski definition) is 9. The number of carboxylic acid groups (broad SMARTS) is 1. The van der Waals surface area contributed by atoms with Crippen molar-refractivity contribution in [2.45, 2.75) is 130 Å². The van der Waals surface area contributed by atoms with E-state index in [9.17, 15) is 28.8 Å². The summed E-state index contributed by atoms with van der Waals surface area (Å²) in [5.41, 5.74) is 0. The van der Waals surface area contributed by atoms with Crippen molar-refractivity contribution < 1.29 is 33.9 Å². The molecule has 0 radical (unpaired) electrons. The lowest BCUT2D eigenvalue weighted by atomic mass is 9.88. The Labute approximate surface area is 264 Å². The van der Waals surface area contributed by atoms with Crippen LogP contribution in [0.4, 0.5) is 0 Å². The Morgan fingerprint density at radius 3 is 1.41 bits per heavy atom. The Balaban J connectivity index is 0.000000218. The lowest BCUT2D eigenvalue weighted by Gasteiger charge is -2.34. The molecule has 6 fully saturated rings. The fraction of sp³-hybridized carbons (Fsp3) is 0.824. The van der Waals surface area contributed by atoms with Crippen molar-refractivity contribution >= 4 is 34.9 Å². The molecule has 3 heterocycles. The maximum atomic E-state index is 11.9. The Hall–Kier alpha value is -2.30. The summed E-state index contributed by atoms with van der Waals surface area (Å²) in [6, 6.07) is 0.0169. The summed E-state index contributed by atoms with van der Waals surface area (Å²) in [6.07, 6.45) is 6.19. The topological polar surface area (TPSA) is 132 Å². The van der Waals surface area contributed by atoms with Crippen LogP contribution in [0, 0.1) is 29.6 Å². The van der Waals surface area contributed by atoms with Crippen LogP contribution in [0.2, 0.25) is 0 Å². The molecule has 0 spiro atoms. The smallest absolute Gasteiger partial charge is 0.321 e. The van der Waals surface area contributed by atoms with Gasteiger partial charge in [0.15, 0.2) is 0 Å². The molecule has 6 bridgehead atoms. The Kier molecular flexibility index (Phi) is 13.2. The summed E-state index contributed by atoms with van der Waals surface area (Å²) < 4.78 is 0. The van der Waals surface area contributed by atoms with E-state index in [4.69, 9.17) is 5.11 Å². The number of Topliss-reactive ketones (excluding diaryl/α,β-unsaturated/α-hetero) is 5. The highest BCUT2D eigenvalue weighted by Gasteiger charge is 2.57. The summed E-state index contributed by atoms with van der Waals surface area (Å²) in [4.78, 5) is 74.5. The third-order valence-electron chi connectivity index (χ3n) is 10.8. The minimum atomic E-state index is -0.858. The third kappa shape index (κ3) is 6.77. The van der Waals surface area contributed by atoms with Crippen LogP contribution in [0.15, 0.2) is 0 Å². The first-order chi connectivity index (χ1) is 20.2. The van der Waals surface area contributed by atoms with Crippen LogP contribution < -0.4 is 0 Å². The van der Waals surface area contributed by atoms with Crippen molar-refractivity contribution in [1.82, 2.24) is 14.7 Å². The van der Waals surface area contributed by atoms with Crippen molar-refractivity contribution in [2.75, 3.05) is 21.1 Å². The molecule has 5 unspecified atom stereocenters. The van der Waals surface area contributed by atoms with Gasteiger partial charge in [-0.15, -0.1) is 0 Å². The molecule has 0 aromatic rings. The SMILES string of the molecule is C.CC(=O)C1[C@@H]2C[C@@H](CC2=O)N1C.CCC.CCC1C(=O)[C@H]2C[C@@H]1N(C)C2C(=O)O.CCC1C(=O)[C@H]2C[C@@H]1N(C)C2C(C)=O. The number of carbonyl (C=O) groups excluding carboxylic acids is 5. The zero-order chi connectivity index (χ0) is 32.5. The number of likely N-dealkylation sites (N-methyl/N-ethyl adjacent to an activating group) is 3. The summed E-state index contributed by atoms with van der Waals surface area (Å²) in [7, 11) is 5.74. The monoisotopic (exact) mass is 619 g/mol. The zero-order valence-electron chi connectivity index (χ0n) is 27.5. The van der Waals surface area contributed by atoms with Gasteiger partial charge >= 0.3 is 5.97 Å². The summed E-state index contributed by atoms with van der Waals surface area (Å²) in [6.45, 7) is 11.5. The third-order valence-corrected chi connectivity index (χ3v) is 10.8. The van der Waals surface area contributed by atoms with Crippen LogP contribution in [0.5, 0.6) is 0 Å². The predicted octanol–water partition coefficient (Wildman–Crippen LogP) is 3.53. The predicted molar refractivity (Wildman–Crippen MR) is 169 cm³/mol. The number of carbonyl (C=O) groups is 6. The minimum absolute atomic E-state index is 0. The van der Waals surface area contributed by atoms with Crippen molar-refractivity contribution in [3.8, 4) is 0 Å². The molecule has 3 aliphatic carbocycles. The van der Waals surface area contributed by atoms with Crippen LogP contribution in [0.25, 0.3) is 0 Å². The number of piperidine rings is 3. The number of hydrogen-bond donors (Lipinski definition) is 1. The molecule has 44 heavy (non-hydrogen) atoms. The van der Waals surface area contributed by atoms with E-state index in [1.165, 1.54) is 6.42 Å². The number of carboxylic acids is 1. The molecule has 3 saturated carbocycles. The molecular formula is C34H57N3O7. The average Bonchev–Trinajstić information content (AvgIpc) is 3.75. The van der Waals surface area contributed by atoms with E-state index < -0.39 is 12.0 Å². The van der Waals surface area contributed by atoms with E-state index in [-0.39, 0.29) is 72.5 Å². The van der Waals surface area contributed by atoms with Crippen LogP contribution in [-0.2, 0) is 28.8 Å². The first-order valence-electron chi connectivity index (χ1n) is 16.2. The van der Waals surface area contributed by atoms with Gasteiger partial charge in [-0.2, -0.15) is 0 Å². The van der Waals surface area contributed by atoms with Gasteiger partial charge in [-0.1, -0.05) is 41.5 Å². The molecule has 6 aliphatic rings. The zero-order valence-corrected chi connectivity index (χ0v) is 27.5. The highest BCUT2D eigenvalue weighted by molar-refractivity contribution is 5.96. The molecule has 0 aromatic carbocycles. The molecule has 0 amide bonds. The van der Waals surface area contributed by atoms with Gasteiger partial charge in [0.25, 0.3) is 0 Å². The van der Waals surface area contributed by atoms with E-state index in [1.54, 1.807) is 13.8 Å². The summed E-state index contributed by atoms with van der Waals surface area (Å²) in [5, 5.41) is 8.99. The fourth-order valence-electron chi connectivity index (χ4n) is 8.91. The van der Waals surface area contributed by atoms with Gasteiger partial charge in [-0.25, -0.2) is 0 Å². The van der Waals surface area contributed by atoms with Gasteiger partial charge < -0.3 is 5.11 Å². The molecule has 3 aliphatic heterocycles. The lowest BCUT2D eigenvalue weighted by molar-refractivity contribution is -0.149. The highest BCUT2D eigenvalue weighted by atomic mass is 16.4. The average molecular weight is 620 g/mol. The first-order valence-corrected chi connectivity index (χ1v) is 16.2. The highest BCUT2D eigenvalue weighted by Crippen LogP contribution is 2.45. The summed E-state index contributed by atoms with van der Waals surface area (Å²) in [5.74, 6) is 0.208. The fourth-order valence-corrected chi connectivity index (χ4v) is 8.91. The molecule has 6 rings (SSSR count). The molecule has 11 atom stereocenters. The van der Waals surface area contributed by atoms with Crippen LogP contribution in [-0.4, -0.2) is 112 Å². The number of rotatable bonds is 5. The first kappa shape index (κ1) is 37.9. The Morgan fingerprint density at radius 2 is 1.07 bits per heavy atom. The van der Waals surface area contributed by atoms with Crippen molar-refractivity contribution in [3.63, 3.8) is 0 Å². The van der Waals surface area contributed by atoms with Gasteiger partial charge in [0.2, 0.25) is 0 Å². The van der Waals surface area contributed by atoms with E-state index >= 15 is 0 Å². The van der Waals surface area contributed by atoms with Crippen molar-refractivity contribution in [1.29, 1.82) is 0 Å². The lowest BCUT2D eigenvalue weighted by Crippen LogP contribution is -2.50. The molecule has 10 heteroatoms. The van der Waals surface area contributed by atoms with E-state index in [0.717, 1.165) is 32.1 Å². The van der Waals surface area contributed by atoms with E-state index in [0.29, 0.717) is 30.1 Å². The van der Waals surface area contributed by atoms with E-state index in [2.05, 4.69) is 30.6 Å². The van der Waals surface area contributed by atoms with Crippen LogP contribution >= 0.6 is 0 Å². The van der Waals surface area contributed by atoms with Gasteiger partial charge in [0, 0.05) is 54.1 Å². The molecular weight excluding hydrogens is 562 g/mol. The number of likely N-dealkylation sites (tertiary alicyclic amines) is 3. The quantitative estimate of drug-likeness (QED) is 0.487. The van der Waals surface area contributed by atoms with Crippen molar-refractivity contribution in [3.05, 3.63) is 0 Å². The Bertz CT molecular complexity index is 1050. The number of aliphatic carboxylic acids is 1. The second-order valence-corrected chi connectivity index (χ2v) is 13.4. The normalized spacial score (nSPS) is 38.3. The van der Waals surface area contributed by atoms with Crippen molar-refractivity contribution in [2.24, 2.45) is 29.6 Å². The molecule has 250 valence electrons. The van der Waals surface area contributed by atoms with Gasteiger partial charge in [0.05, 0.1) is 12.1 Å². The summed E-state index contributed by atoms with van der Waals surface area (Å²) >= 11 is 0. The Morgan fingerprint density at radius 1 is 0.682 bits per heavy atom. The second-order valence-electron chi connectivity index (χ2n) is 13.4. The number of fused-ring (bicyclic) bond motifs is 6. The van der Waals surface area contributed by atoms with Crippen LogP contribution in [0.1, 0.15) is 93.9 Å². The molecule has 3 saturated heterocycles.